The Balaban J connectivity index is 3.14. The third-order valence-corrected chi connectivity index (χ3v) is 1.10. The van der Waals surface area contributed by atoms with Crippen LogP contribution in [0.4, 0.5) is 19.0 Å². The zero-order chi connectivity index (χ0) is 9.19. The summed E-state index contributed by atoms with van der Waals surface area (Å²) >= 11 is 0. The molecule has 0 atom stereocenters. The Morgan fingerprint density at radius 2 is 1.83 bits per heavy atom. The second-order valence-electron chi connectivity index (χ2n) is 1.90. The van der Waals surface area contributed by atoms with Crippen molar-refractivity contribution in [1.82, 2.24) is 9.97 Å². The van der Waals surface area contributed by atoms with Crippen LogP contribution in [0.15, 0.2) is 12.4 Å². The quantitative estimate of drug-likeness (QED) is 0.492. The first-order valence-electron chi connectivity index (χ1n) is 2.90. The van der Waals surface area contributed by atoms with Crippen molar-refractivity contribution in [3.63, 3.8) is 0 Å². The zero-order valence-electron chi connectivity index (χ0n) is 5.76. The highest BCUT2D eigenvalue weighted by molar-refractivity contribution is 5.39. The third-order valence-electron chi connectivity index (χ3n) is 1.10. The molecule has 12 heavy (non-hydrogen) atoms. The van der Waals surface area contributed by atoms with Crippen molar-refractivity contribution in [3.8, 4) is 0 Å². The summed E-state index contributed by atoms with van der Waals surface area (Å²) in [6.07, 6.45) is -2.47. The molecule has 1 rings (SSSR count). The molecule has 0 fully saturated rings. The molecule has 3 N–H and O–H groups in total. The predicted molar refractivity (Wildman–Crippen MR) is 34.8 cm³/mol. The number of hydrazine groups is 1. The molecule has 1 aromatic rings. The topological polar surface area (TPSA) is 63.8 Å². The Bertz CT molecular complexity index is 272. The molecule has 0 aliphatic rings. The van der Waals surface area contributed by atoms with Crippen molar-refractivity contribution in [2.75, 3.05) is 5.43 Å². The van der Waals surface area contributed by atoms with Crippen molar-refractivity contribution >= 4 is 5.82 Å². The highest BCUT2D eigenvalue weighted by Crippen LogP contribution is 2.30. The first-order chi connectivity index (χ1) is 5.55. The van der Waals surface area contributed by atoms with E-state index in [1.54, 1.807) is 0 Å². The molecule has 7 heteroatoms. The van der Waals surface area contributed by atoms with Gasteiger partial charge in [-0.15, -0.1) is 0 Å². The molecule has 0 unspecified atom stereocenters. The van der Waals surface area contributed by atoms with Crippen LogP contribution < -0.4 is 11.3 Å². The van der Waals surface area contributed by atoms with E-state index >= 15 is 0 Å². The van der Waals surface area contributed by atoms with Crippen LogP contribution in [0, 0.1) is 0 Å². The lowest BCUT2D eigenvalue weighted by molar-refractivity contribution is -0.140. The molecule has 0 radical (unpaired) electrons. The summed E-state index contributed by atoms with van der Waals surface area (Å²) in [6, 6.07) is 0. The summed E-state index contributed by atoms with van der Waals surface area (Å²) in [7, 11) is 0. The molecule has 0 spiro atoms. The molecule has 66 valence electrons. The van der Waals surface area contributed by atoms with Crippen LogP contribution in [0.2, 0.25) is 0 Å². The summed E-state index contributed by atoms with van der Waals surface area (Å²) in [5, 5.41) is 0. The van der Waals surface area contributed by atoms with E-state index in [9.17, 15) is 13.2 Å². The van der Waals surface area contributed by atoms with Crippen LogP contribution in [0.3, 0.4) is 0 Å². The van der Waals surface area contributed by atoms with Gasteiger partial charge in [-0.1, -0.05) is 0 Å². The molecule has 0 saturated carbocycles. The van der Waals surface area contributed by atoms with Gasteiger partial charge in [-0.3, -0.25) is 0 Å². The molecule has 0 aliphatic heterocycles. The van der Waals surface area contributed by atoms with E-state index in [0.29, 0.717) is 0 Å². The maximum absolute atomic E-state index is 12.0. The molecule has 1 heterocycles. The van der Waals surface area contributed by atoms with Gasteiger partial charge in [0, 0.05) is 12.4 Å². The van der Waals surface area contributed by atoms with Gasteiger partial charge in [0.25, 0.3) is 0 Å². The fourth-order valence-electron chi connectivity index (χ4n) is 0.651. The Morgan fingerprint density at radius 1 is 1.25 bits per heavy atom. The number of anilines is 1. The Labute approximate surface area is 65.6 Å². The van der Waals surface area contributed by atoms with E-state index in [-0.39, 0.29) is 0 Å². The first kappa shape index (κ1) is 8.72. The van der Waals surface area contributed by atoms with Gasteiger partial charge in [-0.05, 0) is 0 Å². The smallest absolute Gasteiger partial charge is 0.307 e. The molecule has 0 aliphatic carbocycles. The molecule has 0 aromatic carbocycles. The summed E-state index contributed by atoms with van der Waals surface area (Å²) in [5.41, 5.74) is 0.690. The molecule has 0 amide bonds. The van der Waals surface area contributed by atoms with Gasteiger partial charge in [0.2, 0.25) is 0 Å². The number of nitrogens with two attached hydrogens (primary N) is 1. The average molecular weight is 178 g/mol. The van der Waals surface area contributed by atoms with E-state index in [2.05, 4.69) is 9.97 Å². The minimum absolute atomic E-state index is 0.481. The second kappa shape index (κ2) is 2.94. The van der Waals surface area contributed by atoms with Crippen molar-refractivity contribution in [2.45, 2.75) is 6.18 Å². The highest BCUT2D eigenvalue weighted by atomic mass is 19.4. The molecular formula is C5H5F3N4. The molecule has 0 bridgehead atoms. The van der Waals surface area contributed by atoms with Crippen LogP contribution in [0.5, 0.6) is 0 Å². The minimum atomic E-state index is -4.53. The van der Waals surface area contributed by atoms with Gasteiger partial charge in [-0.2, -0.15) is 13.2 Å². The fourth-order valence-corrected chi connectivity index (χ4v) is 0.651. The number of nitrogens with one attached hydrogen (secondary N) is 1. The number of hydrogen-bond acceptors (Lipinski definition) is 4. The molecule has 0 saturated heterocycles. The standard InChI is InChI=1S/C5H5F3N4/c6-5(7,8)3-4(12-9)11-2-1-10-3/h1-2H,9H2,(H,11,12). The highest BCUT2D eigenvalue weighted by Gasteiger charge is 2.35. The fraction of sp³-hybridized carbons (Fsp3) is 0.200. The SMILES string of the molecule is NNc1nccnc1C(F)(F)F. The third kappa shape index (κ3) is 1.62. The lowest BCUT2D eigenvalue weighted by atomic mass is 10.4. The van der Waals surface area contributed by atoms with Crippen molar-refractivity contribution in [1.29, 1.82) is 0 Å². The van der Waals surface area contributed by atoms with Crippen LogP contribution >= 0.6 is 0 Å². The van der Waals surface area contributed by atoms with E-state index in [1.807, 2.05) is 5.43 Å². The zero-order valence-corrected chi connectivity index (χ0v) is 5.76. The monoisotopic (exact) mass is 178 g/mol. The average Bonchev–Trinajstić information content (AvgIpc) is 2.03. The number of nitrogens with zero attached hydrogens (tertiary/aromatic N) is 2. The minimum Gasteiger partial charge on any atom is -0.307 e. The van der Waals surface area contributed by atoms with Gasteiger partial charge in [0.1, 0.15) is 0 Å². The number of alkyl halides is 3. The van der Waals surface area contributed by atoms with Gasteiger partial charge in [0.15, 0.2) is 11.5 Å². The lowest BCUT2D eigenvalue weighted by Crippen LogP contribution is -2.17. The lowest BCUT2D eigenvalue weighted by Gasteiger charge is -2.08. The Morgan fingerprint density at radius 3 is 2.25 bits per heavy atom. The van der Waals surface area contributed by atoms with Crippen molar-refractivity contribution < 1.29 is 13.2 Å². The maximum atomic E-state index is 12.0. The van der Waals surface area contributed by atoms with Crippen molar-refractivity contribution in [3.05, 3.63) is 18.1 Å². The van der Waals surface area contributed by atoms with Gasteiger partial charge < -0.3 is 5.43 Å². The van der Waals surface area contributed by atoms with Crippen molar-refractivity contribution in [2.24, 2.45) is 5.84 Å². The van der Waals surface area contributed by atoms with Gasteiger partial charge in [-0.25, -0.2) is 15.8 Å². The van der Waals surface area contributed by atoms with E-state index < -0.39 is 17.7 Å². The number of aromatic nitrogens is 2. The van der Waals surface area contributed by atoms with Gasteiger partial charge >= 0.3 is 6.18 Å². The van der Waals surface area contributed by atoms with Crippen LogP contribution in [0.1, 0.15) is 5.69 Å². The van der Waals surface area contributed by atoms with Gasteiger partial charge in [0.05, 0.1) is 0 Å². The summed E-state index contributed by atoms with van der Waals surface area (Å²) in [5.74, 6) is 4.31. The second-order valence-corrected chi connectivity index (χ2v) is 1.90. The van der Waals surface area contributed by atoms with Crippen LogP contribution in [0.25, 0.3) is 0 Å². The first-order valence-corrected chi connectivity index (χ1v) is 2.90. The number of nitrogen functional groups attached to an aromatic ring is 1. The largest absolute Gasteiger partial charge is 0.437 e. The predicted octanol–water partition coefficient (Wildman–Crippen LogP) is 0.781. The molecular weight excluding hydrogens is 173 g/mol. The Kier molecular flexibility index (Phi) is 2.13. The summed E-state index contributed by atoms with van der Waals surface area (Å²) < 4.78 is 36.1. The van der Waals surface area contributed by atoms with E-state index in [4.69, 9.17) is 5.84 Å². The summed E-state index contributed by atoms with van der Waals surface area (Å²) in [4.78, 5) is 6.44. The normalized spacial score (nSPS) is 11.3. The number of rotatable bonds is 1. The van der Waals surface area contributed by atoms with Crippen LogP contribution in [-0.2, 0) is 6.18 Å². The van der Waals surface area contributed by atoms with Crippen LogP contribution in [-0.4, -0.2) is 9.97 Å². The maximum Gasteiger partial charge on any atom is 0.437 e. The van der Waals surface area contributed by atoms with E-state index in [1.165, 1.54) is 0 Å². The number of hydrogen-bond donors (Lipinski definition) is 2. The number of halogens is 3. The van der Waals surface area contributed by atoms with E-state index in [0.717, 1.165) is 12.4 Å². The Hall–Kier alpha value is -1.37. The molecule has 1 aromatic heterocycles. The summed E-state index contributed by atoms with van der Waals surface area (Å²) in [6.45, 7) is 0. The molecule has 4 nitrogen and oxygen atoms in total.